The smallest absolute Gasteiger partial charge is 0.347 e. The topological polar surface area (TPSA) is 85.4 Å². The second-order valence-corrected chi connectivity index (χ2v) is 4.44. The Morgan fingerprint density at radius 2 is 2.14 bits per heavy atom. The summed E-state index contributed by atoms with van der Waals surface area (Å²) in [5.74, 6) is 0.466. The Hall–Kier alpha value is -2.81. The van der Waals surface area contributed by atoms with Crippen LogP contribution in [0.25, 0.3) is 0 Å². The van der Waals surface area contributed by atoms with Crippen LogP contribution in [0.5, 0.6) is 5.75 Å². The van der Waals surface area contributed by atoms with Gasteiger partial charge in [0.2, 0.25) is 0 Å². The third-order valence-electron chi connectivity index (χ3n) is 2.66. The SMILES string of the molecule is Cc1cc(COC(=O)[C@H](C)Oc2ccc(C#N)cc2)on1. The number of carbonyl (C=O) groups excluding carboxylic acids is 1. The fraction of sp³-hybridized carbons (Fsp3) is 0.267. The molecule has 1 aromatic carbocycles. The van der Waals surface area contributed by atoms with Crippen molar-refractivity contribution in [2.24, 2.45) is 0 Å². The molecule has 6 nitrogen and oxygen atoms in total. The predicted molar refractivity (Wildman–Crippen MR) is 72.3 cm³/mol. The molecule has 6 heteroatoms. The number of hydrogen-bond donors (Lipinski definition) is 0. The van der Waals surface area contributed by atoms with Crippen LogP contribution in [-0.2, 0) is 16.1 Å². The lowest BCUT2D eigenvalue weighted by Crippen LogP contribution is -2.25. The molecular weight excluding hydrogens is 272 g/mol. The Morgan fingerprint density at radius 1 is 1.43 bits per heavy atom. The van der Waals surface area contributed by atoms with Crippen molar-refractivity contribution in [3.8, 4) is 11.8 Å². The van der Waals surface area contributed by atoms with Gasteiger partial charge in [-0.25, -0.2) is 4.79 Å². The molecule has 0 amide bonds. The zero-order valence-electron chi connectivity index (χ0n) is 11.7. The van der Waals surface area contributed by atoms with Gasteiger partial charge in [0.15, 0.2) is 18.5 Å². The number of rotatable bonds is 5. The van der Waals surface area contributed by atoms with E-state index < -0.39 is 12.1 Å². The third-order valence-corrected chi connectivity index (χ3v) is 2.66. The fourth-order valence-corrected chi connectivity index (χ4v) is 1.60. The van der Waals surface area contributed by atoms with Crippen LogP contribution >= 0.6 is 0 Å². The first-order valence-corrected chi connectivity index (χ1v) is 6.34. The molecule has 0 unspecified atom stereocenters. The van der Waals surface area contributed by atoms with E-state index in [0.29, 0.717) is 17.1 Å². The summed E-state index contributed by atoms with van der Waals surface area (Å²) in [7, 11) is 0. The average molecular weight is 286 g/mol. The van der Waals surface area contributed by atoms with Gasteiger partial charge in [0.1, 0.15) is 5.75 Å². The van der Waals surface area contributed by atoms with Crippen LogP contribution in [0.3, 0.4) is 0 Å². The summed E-state index contributed by atoms with van der Waals surface area (Å²) in [6.07, 6.45) is -0.762. The number of nitriles is 1. The molecule has 0 N–H and O–H groups in total. The number of nitrogens with zero attached hydrogens (tertiary/aromatic N) is 2. The summed E-state index contributed by atoms with van der Waals surface area (Å²) in [4.78, 5) is 11.8. The van der Waals surface area contributed by atoms with E-state index in [0.717, 1.165) is 5.69 Å². The Balaban J connectivity index is 1.85. The van der Waals surface area contributed by atoms with Gasteiger partial charge in [0.25, 0.3) is 0 Å². The molecule has 0 bridgehead atoms. The van der Waals surface area contributed by atoms with Crippen molar-refractivity contribution in [3.63, 3.8) is 0 Å². The minimum Gasteiger partial charge on any atom is -0.479 e. The molecule has 2 rings (SSSR count). The monoisotopic (exact) mass is 286 g/mol. The van der Waals surface area contributed by atoms with Crippen molar-refractivity contribution in [2.75, 3.05) is 0 Å². The molecule has 0 saturated carbocycles. The van der Waals surface area contributed by atoms with E-state index in [1.54, 1.807) is 44.2 Å². The first-order valence-electron chi connectivity index (χ1n) is 6.34. The van der Waals surface area contributed by atoms with Crippen LogP contribution in [0.2, 0.25) is 0 Å². The molecule has 0 aliphatic carbocycles. The minimum atomic E-state index is -0.762. The molecule has 0 fully saturated rings. The second kappa shape index (κ2) is 6.57. The summed E-state index contributed by atoms with van der Waals surface area (Å²) in [5.41, 5.74) is 1.25. The quantitative estimate of drug-likeness (QED) is 0.784. The van der Waals surface area contributed by atoms with E-state index in [2.05, 4.69) is 5.16 Å². The maximum atomic E-state index is 11.8. The zero-order valence-corrected chi connectivity index (χ0v) is 11.7. The molecule has 1 heterocycles. The third kappa shape index (κ3) is 4.08. The molecule has 0 aliphatic heterocycles. The number of esters is 1. The van der Waals surface area contributed by atoms with Gasteiger partial charge >= 0.3 is 5.97 Å². The summed E-state index contributed by atoms with van der Waals surface area (Å²) in [6, 6.07) is 10.2. The number of hydrogen-bond acceptors (Lipinski definition) is 6. The summed E-state index contributed by atoms with van der Waals surface area (Å²) in [5, 5.41) is 12.4. The number of aryl methyl sites for hydroxylation is 1. The van der Waals surface area contributed by atoms with Crippen molar-refractivity contribution in [3.05, 3.63) is 47.3 Å². The molecular formula is C15H14N2O4. The fourth-order valence-electron chi connectivity index (χ4n) is 1.60. The lowest BCUT2D eigenvalue weighted by Gasteiger charge is -2.13. The Morgan fingerprint density at radius 3 is 2.71 bits per heavy atom. The van der Waals surface area contributed by atoms with Crippen LogP contribution in [0.15, 0.2) is 34.9 Å². The van der Waals surface area contributed by atoms with Crippen LogP contribution in [0.1, 0.15) is 23.9 Å². The molecule has 0 spiro atoms. The standard InChI is InChI=1S/C15H14N2O4/c1-10-7-14(21-17-10)9-19-15(18)11(2)20-13-5-3-12(8-16)4-6-13/h3-7,11H,9H2,1-2H3/t11-/m0/s1. The van der Waals surface area contributed by atoms with Gasteiger partial charge < -0.3 is 14.0 Å². The van der Waals surface area contributed by atoms with Crippen molar-refractivity contribution >= 4 is 5.97 Å². The molecule has 21 heavy (non-hydrogen) atoms. The van der Waals surface area contributed by atoms with Crippen molar-refractivity contribution in [2.45, 2.75) is 26.6 Å². The minimum absolute atomic E-state index is 0.0146. The lowest BCUT2D eigenvalue weighted by molar-refractivity contribution is -0.153. The van der Waals surface area contributed by atoms with E-state index in [-0.39, 0.29) is 6.61 Å². The Bertz CT molecular complexity index is 655. The molecule has 2 aromatic rings. The van der Waals surface area contributed by atoms with Crippen LogP contribution in [-0.4, -0.2) is 17.2 Å². The highest BCUT2D eigenvalue weighted by atomic mass is 16.6. The highest BCUT2D eigenvalue weighted by molar-refractivity contribution is 5.74. The Kier molecular flexibility index (Phi) is 4.57. The van der Waals surface area contributed by atoms with Crippen LogP contribution < -0.4 is 4.74 Å². The van der Waals surface area contributed by atoms with E-state index in [9.17, 15) is 4.79 Å². The maximum Gasteiger partial charge on any atom is 0.347 e. The van der Waals surface area contributed by atoms with E-state index in [1.807, 2.05) is 6.07 Å². The molecule has 1 aromatic heterocycles. The zero-order chi connectivity index (χ0) is 15.2. The molecule has 108 valence electrons. The van der Waals surface area contributed by atoms with Gasteiger partial charge in [-0.3, -0.25) is 0 Å². The van der Waals surface area contributed by atoms with Gasteiger partial charge in [-0.15, -0.1) is 0 Å². The summed E-state index contributed by atoms with van der Waals surface area (Å²) >= 11 is 0. The average Bonchev–Trinajstić information content (AvgIpc) is 2.91. The lowest BCUT2D eigenvalue weighted by atomic mass is 10.2. The van der Waals surface area contributed by atoms with Crippen molar-refractivity contribution in [1.29, 1.82) is 5.26 Å². The normalized spacial score (nSPS) is 11.5. The van der Waals surface area contributed by atoms with Gasteiger partial charge in [-0.1, -0.05) is 5.16 Å². The first kappa shape index (κ1) is 14.6. The summed E-state index contributed by atoms with van der Waals surface area (Å²) < 4.78 is 15.4. The molecule has 0 radical (unpaired) electrons. The predicted octanol–water partition coefficient (Wildman–Crippen LogP) is 2.37. The van der Waals surface area contributed by atoms with E-state index in [4.69, 9.17) is 19.3 Å². The molecule has 0 saturated heterocycles. The Labute approximate surface area is 121 Å². The number of aromatic nitrogens is 1. The molecule has 0 aliphatic rings. The van der Waals surface area contributed by atoms with Crippen molar-refractivity contribution in [1.82, 2.24) is 5.16 Å². The van der Waals surface area contributed by atoms with Crippen LogP contribution in [0, 0.1) is 18.3 Å². The number of carbonyl (C=O) groups is 1. The van der Waals surface area contributed by atoms with Gasteiger partial charge in [-0.05, 0) is 38.1 Å². The van der Waals surface area contributed by atoms with E-state index >= 15 is 0 Å². The van der Waals surface area contributed by atoms with Crippen molar-refractivity contribution < 1.29 is 18.8 Å². The highest BCUT2D eigenvalue weighted by Gasteiger charge is 2.17. The highest BCUT2D eigenvalue weighted by Crippen LogP contribution is 2.14. The largest absolute Gasteiger partial charge is 0.479 e. The summed E-state index contributed by atoms with van der Waals surface area (Å²) in [6.45, 7) is 3.39. The van der Waals surface area contributed by atoms with Gasteiger partial charge in [0, 0.05) is 6.07 Å². The molecule has 1 atom stereocenters. The van der Waals surface area contributed by atoms with E-state index in [1.165, 1.54) is 0 Å². The second-order valence-electron chi connectivity index (χ2n) is 4.44. The van der Waals surface area contributed by atoms with Crippen LogP contribution in [0.4, 0.5) is 0 Å². The maximum absolute atomic E-state index is 11.8. The first-order chi connectivity index (χ1) is 10.1. The van der Waals surface area contributed by atoms with Gasteiger partial charge in [-0.2, -0.15) is 5.26 Å². The van der Waals surface area contributed by atoms with Gasteiger partial charge in [0.05, 0.1) is 17.3 Å². The number of ether oxygens (including phenoxy) is 2. The number of benzene rings is 1.